The lowest BCUT2D eigenvalue weighted by Gasteiger charge is -2.43. The van der Waals surface area contributed by atoms with Gasteiger partial charge in [0, 0.05) is 31.3 Å². The van der Waals surface area contributed by atoms with Crippen molar-refractivity contribution in [1.29, 1.82) is 0 Å². The summed E-state index contributed by atoms with van der Waals surface area (Å²) in [5.41, 5.74) is 5.12. The van der Waals surface area contributed by atoms with Crippen molar-refractivity contribution >= 4 is 23.2 Å². The van der Waals surface area contributed by atoms with Crippen LogP contribution >= 0.6 is 0 Å². The van der Waals surface area contributed by atoms with Crippen LogP contribution in [0.4, 0.5) is 11.4 Å². The van der Waals surface area contributed by atoms with Crippen molar-refractivity contribution in [3.8, 4) is 0 Å². The molecule has 0 N–H and O–H groups in total. The van der Waals surface area contributed by atoms with Crippen molar-refractivity contribution in [3.63, 3.8) is 0 Å². The summed E-state index contributed by atoms with van der Waals surface area (Å²) in [5.74, 6) is 0.0422. The number of amides is 2. The van der Waals surface area contributed by atoms with Crippen molar-refractivity contribution in [1.82, 2.24) is 0 Å². The van der Waals surface area contributed by atoms with Crippen LogP contribution < -0.4 is 9.80 Å². The van der Waals surface area contributed by atoms with Gasteiger partial charge in [0.1, 0.15) is 0 Å². The maximum absolute atomic E-state index is 12.6. The molecule has 2 aromatic carbocycles. The average Bonchev–Trinajstić information content (AvgIpc) is 2.56. The van der Waals surface area contributed by atoms with Gasteiger partial charge in [0.15, 0.2) is 0 Å². The lowest BCUT2D eigenvalue weighted by molar-refractivity contribution is -0.117. The summed E-state index contributed by atoms with van der Waals surface area (Å²) in [6, 6.07) is 14.1. The fourth-order valence-electron chi connectivity index (χ4n) is 3.96. The summed E-state index contributed by atoms with van der Waals surface area (Å²) < 4.78 is 0. The highest BCUT2D eigenvalue weighted by Gasteiger charge is 2.36. The van der Waals surface area contributed by atoms with E-state index in [1.54, 1.807) is 13.8 Å². The molecule has 0 saturated carbocycles. The molecule has 4 nitrogen and oxygen atoms in total. The number of benzene rings is 2. The molecule has 0 aromatic heterocycles. The fraction of sp³-hybridized carbons (Fsp3) is 0.364. The van der Waals surface area contributed by atoms with Crippen LogP contribution in [-0.2, 0) is 9.59 Å². The van der Waals surface area contributed by atoms with E-state index < -0.39 is 0 Å². The number of nitrogens with zero attached hydrogens (tertiary/aromatic N) is 2. The van der Waals surface area contributed by atoms with Gasteiger partial charge in [-0.05, 0) is 51.0 Å². The molecule has 2 aromatic rings. The molecule has 0 aliphatic carbocycles. The monoisotopic (exact) mass is 350 g/mol. The van der Waals surface area contributed by atoms with Crippen LogP contribution in [0.15, 0.2) is 42.5 Å². The van der Waals surface area contributed by atoms with E-state index in [-0.39, 0.29) is 23.9 Å². The van der Waals surface area contributed by atoms with Gasteiger partial charge in [0.2, 0.25) is 11.8 Å². The zero-order valence-corrected chi connectivity index (χ0v) is 16.1. The average molecular weight is 350 g/mol. The third-order valence-electron chi connectivity index (χ3n) is 5.11. The Morgan fingerprint density at radius 1 is 1.00 bits per heavy atom. The quantitative estimate of drug-likeness (QED) is 0.798. The molecular weight excluding hydrogens is 324 g/mol. The number of hydrogen-bond acceptors (Lipinski definition) is 2. The highest BCUT2D eigenvalue weighted by molar-refractivity contribution is 5.96. The molecule has 1 aliphatic rings. The fourth-order valence-corrected chi connectivity index (χ4v) is 3.96. The summed E-state index contributed by atoms with van der Waals surface area (Å²) in [5, 5.41) is 0. The van der Waals surface area contributed by atoms with Gasteiger partial charge in [-0.25, -0.2) is 0 Å². The molecule has 0 unspecified atom stereocenters. The van der Waals surface area contributed by atoms with Crippen LogP contribution in [0.25, 0.3) is 0 Å². The Morgan fingerprint density at radius 3 is 2.19 bits per heavy atom. The number of carbonyl (C=O) groups excluding carboxylic acids is 2. The Hall–Kier alpha value is -2.62. The minimum Gasteiger partial charge on any atom is -0.309 e. The first kappa shape index (κ1) is 18.2. The predicted molar refractivity (Wildman–Crippen MR) is 105 cm³/mol. The predicted octanol–water partition coefficient (Wildman–Crippen LogP) is 4.54. The molecule has 3 rings (SSSR count). The van der Waals surface area contributed by atoms with Crippen LogP contribution in [-0.4, -0.2) is 17.9 Å². The maximum atomic E-state index is 12.6. The molecule has 2 amide bonds. The molecule has 0 spiro atoms. The molecular formula is C22H26N2O2. The minimum atomic E-state index is -0.0873. The van der Waals surface area contributed by atoms with Crippen LogP contribution in [0.1, 0.15) is 49.9 Å². The van der Waals surface area contributed by atoms with Crippen LogP contribution in [0.3, 0.4) is 0 Å². The molecule has 0 radical (unpaired) electrons. The molecule has 26 heavy (non-hydrogen) atoms. The van der Waals surface area contributed by atoms with E-state index in [1.165, 1.54) is 0 Å². The Kier molecular flexibility index (Phi) is 4.86. The van der Waals surface area contributed by atoms with E-state index >= 15 is 0 Å². The third kappa shape index (κ3) is 3.24. The van der Waals surface area contributed by atoms with Crippen molar-refractivity contribution in [3.05, 3.63) is 59.2 Å². The van der Waals surface area contributed by atoms with Crippen molar-refractivity contribution in [2.45, 2.75) is 53.1 Å². The zero-order valence-electron chi connectivity index (χ0n) is 16.1. The van der Waals surface area contributed by atoms with Gasteiger partial charge in [-0.1, -0.05) is 35.4 Å². The maximum Gasteiger partial charge on any atom is 0.224 e. The Bertz CT molecular complexity index is 842. The highest BCUT2D eigenvalue weighted by Crippen LogP contribution is 2.42. The van der Waals surface area contributed by atoms with Gasteiger partial charge in [0.25, 0.3) is 0 Å². The minimum absolute atomic E-state index is 0.00906. The molecule has 0 fully saturated rings. The third-order valence-corrected chi connectivity index (χ3v) is 5.11. The molecule has 0 bridgehead atoms. The summed E-state index contributed by atoms with van der Waals surface area (Å²) in [7, 11) is 0. The Balaban J connectivity index is 2.15. The van der Waals surface area contributed by atoms with E-state index in [0.717, 1.165) is 28.1 Å². The van der Waals surface area contributed by atoms with E-state index in [1.807, 2.05) is 67.0 Å². The lowest BCUT2D eigenvalue weighted by Crippen LogP contribution is -2.46. The van der Waals surface area contributed by atoms with E-state index in [0.29, 0.717) is 6.42 Å². The first-order valence-electron chi connectivity index (χ1n) is 9.06. The Labute approximate surface area is 155 Å². The van der Waals surface area contributed by atoms with E-state index in [4.69, 9.17) is 0 Å². The number of hydrogen-bond donors (Lipinski definition) is 0. The first-order chi connectivity index (χ1) is 12.3. The molecule has 2 atom stereocenters. The van der Waals surface area contributed by atoms with Crippen LogP contribution in [0.2, 0.25) is 0 Å². The van der Waals surface area contributed by atoms with Gasteiger partial charge in [-0.15, -0.1) is 0 Å². The topological polar surface area (TPSA) is 40.6 Å². The van der Waals surface area contributed by atoms with Crippen molar-refractivity contribution in [2.75, 3.05) is 9.80 Å². The number of carbonyl (C=O) groups is 2. The largest absolute Gasteiger partial charge is 0.309 e. The molecule has 1 aliphatic heterocycles. The standard InChI is InChI=1S/C22H26N2O2/c1-14-6-9-19(10-7-14)24(18(5)26)22-13-16(3)23(17(4)25)21-11-8-15(2)12-20(21)22/h6-12,16,22H,13H2,1-5H3/t16-,22-/m0/s1. The second-order valence-corrected chi connectivity index (χ2v) is 7.28. The number of rotatable bonds is 2. The summed E-state index contributed by atoms with van der Waals surface area (Å²) in [6.07, 6.45) is 0.712. The normalized spacial score (nSPS) is 19.0. The Morgan fingerprint density at radius 2 is 1.62 bits per heavy atom. The first-order valence-corrected chi connectivity index (χ1v) is 9.06. The molecule has 136 valence electrons. The van der Waals surface area contributed by atoms with Crippen LogP contribution in [0.5, 0.6) is 0 Å². The number of fused-ring (bicyclic) bond motifs is 1. The van der Waals surface area contributed by atoms with Crippen molar-refractivity contribution in [2.24, 2.45) is 0 Å². The van der Waals surface area contributed by atoms with Crippen molar-refractivity contribution < 1.29 is 9.59 Å². The van der Waals surface area contributed by atoms with Gasteiger partial charge in [0.05, 0.1) is 6.04 Å². The van der Waals surface area contributed by atoms with Crippen LogP contribution in [0, 0.1) is 13.8 Å². The second kappa shape index (κ2) is 6.94. The molecule has 1 heterocycles. The lowest BCUT2D eigenvalue weighted by atomic mass is 9.89. The molecule has 0 saturated heterocycles. The highest BCUT2D eigenvalue weighted by atomic mass is 16.2. The zero-order chi connectivity index (χ0) is 19.0. The number of aryl methyl sites for hydroxylation is 2. The summed E-state index contributed by atoms with van der Waals surface area (Å²) in [4.78, 5) is 28.5. The SMILES string of the molecule is CC(=O)N1c2ccc(C)cc2[C@@H](N(C(C)=O)c2ccc(C)cc2)C[C@@H]1C. The van der Waals surface area contributed by atoms with Gasteiger partial charge >= 0.3 is 0 Å². The summed E-state index contributed by atoms with van der Waals surface area (Å²) in [6.45, 7) is 9.33. The van der Waals surface area contributed by atoms with Gasteiger partial charge < -0.3 is 9.80 Å². The van der Waals surface area contributed by atoms with Gasteiger partial charge in [-0.2, -0.15) is 0 Å². The number of anilines is 2. The van der Waals surface area contributed by atoms with E-state index in [2.05, 4.69) is 6.07 Å². The van der Waals surface area contributed by atoms with E-state index in [9.17, 15) is 9.59 Å². The molecule has 4 heteroatoms. The summed E-state index contributed by atoms with van der Waals surface area (Å²) >= 11 is 0. The second-order valence-electron chi connectivity index (χ2n) is 7.28. The smallest absolute Gasteiger partial charge is 0.224 e. The van der Waals surface area contributed by atoms with Gasteiger partial charge in [-0.3, -0.25) is 9.59 Å².